The zero-order valence-electron chi connectivity index (χ0n) is 7.55. The highest BCUT2D eigenvalue weighted by atomic mass is 35.5. The van der Waals surface area contributed by atoms with Crippen LogP contribution in [0.4, 0.5) is 13.2 Å². The van der Waals surface area contributed by atoms with E-state index in [0.717, 1.165) is 12.1 Å². The molecule has 1 aromatic carbocycles. The van der Waals surface area contributed by atoms with Crippen molar-refractivity contribution in [1.29, 1.82) is 0 Å². The van der Waals surface area contributed by atoms with Crippen molar-refractivity contribution < 1.29 is 18.3 Å². The maximum absolute atomic E-state index is 12.3. The first-order valence-electron chi connectivity index (χ1n) is 4.09. The Kier molecular flexibility index (Phi) is 3.59. The maximum atomic E-state index is 12.3. The molecule has 3 N–H and O–H groups in total. The lowest BCUT2D eigenvalue weighted by atomic mass is 10.1. The second-order valence-electron chi connectivity index (χ2n) is 3.03. The monoisotopic (exact) mass is 239 g/mol. The fraction of sp³-hybridized carbons (Fsp3) is 0.333. The van der Waals surface area contributed by atoms with E-state index in [1.54, 1.807) is 0 Å². The standard InChI is InChI=1S/C9H9ClF3NO/c10-7-3-5(8(14)4-15)1-2-6(7)9(11,12)13/h1-3,8,15H,4,14H2/t8-/m1/s1. The lowest BCUT2D eigenvalue weighted by Crippen LogP contribution is -2.15. The molecule has 1 rings (SSSR count). The molecule has 2 nitrogen and oxygen atoms in total. The Labute approximate surface area is 89.5 Å². The van der Waals surface area contributed by atoms with Gasteiger partial charge in [-0.25, -0.2) is 0 Å². The first kappa shape index (κ1) is 12.3. The van der Waals surface area contributed by atoms with Gasteiger partial charge in [0, 0.05) is 0 Å². The lowest BCUT2D eigenvalue weighted by Gasteiger charge is -2.13. The molecule has 0 fully saturated rings. The van der Waals surface area contributed by atoms with Crippen LogP contribution in [0.1, 0.15) is 17.2 Å². The number of hydrogen-bond donors (Lipinski definition) is 2. The van der Waals surface area contributed by atoms with E-state index in [1.807, 2.05) is 0 Å². The molecule has 15 heavy (non-hydrogen) atoms. The third kappa shape index (κ3) is 2.84. The zero-order valence-corrected chi connectivity index (χ0v) is 8.31. The van der Waals surface area contributed by atoms with E-state index in [9.17, 15) is 13.2 Å². The largest absolute Gasteiger partial charge is 0.417 e. The molecule has 0 amide bonds. The minimum Gasteiger partial charge on any atom is -0.394 e. The highest BCUT2D eigenvalue weighted by Crippen LogP contribution is 2.35. The van der Waals surface area contributed by atoms with Gasteiger partial charge in [-0.2, -0.15) is 13.2 Å². The van der Waals surface area contributed by atoms with Crippen molar-refractivity contribution in [2.75, 3.05) is 6.61 Å². The Morgan fingerprint density at radius 2 is 2.00 bits per heavy atom. The van der Waals surface area contributed by atoms with Crippen molar-refractivity contribution in [3.05, 3.63) is 34.3 Å². The van der Waals surface area contributed by atoms with Crippen LogP contribution in [0.25, 0.3) is 0 Å². The smallest absolute Gasteiger partial charge is 0.394 e. The molecule has 0 unspecified atom stereocenters. The topological polar surface area (TPSA) is 46.2 Å². The summed E-state index contributed by atoms with van der Waals surface area (Å²) in [5, 5.41) is 8.30. The summed E-state index contributed by atoms with van der Waals surface area (Å²) in [6.45, 7) is -0.346. The van der Waals surface area contributed by atoms with Gasteiger partial charge in [-0.3, -0.25) is 0 Å². The molecule has 0 heterocycles. The molecular weight excluding hydrogens is 231 g/mol. The van der Waals surface area contributed by atoms with Crippen LogP contribution in [0.3, 0.4) is 0 Å². The van der Waals surface area contributed by atoms with Crippen LogP contribution in [-0.2, 0) is 6.18 Å². The van der Waals surface area contributed by atoms with Crippen molar-refractivity contribution in [1.82, 2.24) is 0 Å². The van der Waals surface area contributed by atoms with Crippen molar-refractivity contribution in [2.45, 2.75) is 12.2 Å². The number of benzene rings is 1. The Hall–Kier alpha value is -0.780. The molecule has 0 bridgehead atoms. The van der Waals surface area contributed by atoms with Crippen LogP contribution in [0, 0.1) is 0 Å². The second-order valence-corrected chi connectivity index (χ2v) is 3.43. The number of rotatable bonds is 2. The second kappa shape index (κ2) is 4.38. The van der Waals surface area contributed by atoms with Crippen LogP contribution in [0.15, 0.2) is 18.2 Å². The van der Waals surface area contributed by atoms with Gasteiger partial charge >= 0.3 is 6.18 Å². The van der Waals surface area contributed by atoms with Crippen LogP contribution in [0.5, 0.6) is 0 Å². The van der Waals surface area contributed by atoms with E-state index < -0.39 is 22.8 Å². The van der Waals surface area contributed by atoms with Crippen molar-refractivity contribution >= 4 is 11.6 Å². The van der Waals surface area contributed by atoms with Gasteiger partial charge in [-0.1, -0.05) is 17.7 Å². The molecule has 1 aromatic rings. The van der Waals surface area contributed by atoms with E-state index in [-0.39, 0.29) is 6.61 Å². The molecule has 0 saturated carbocycles. The molecule has 6 heteroatoms. The molecular formula is C9H9ClF3NO. The van der Waals surface area contributed by atoms with Crippen molar-refractivity contribution in [3.63, 3.8) is 0 Å². The number of nitrogens with two attached hydrogens (primary N) is 1. The fourth-order valence-electron chi connectivity index (χ4n) is 1.10. The average Bonchev–Trinajstić information content (AvgIpc) is 2.14. The van der Waals surface area contributed by atoms with Gasteiger partial charge in [0.1, 0.15) is 0 Å². The Morgan fingerprint density at radius 1 is 1.40 bits per heavy atom. The molecule has 0 spiro atoms. The van der Waals surface area contributed by atoms with Gasteiger partial charge in [0.05, 0.1) is 23.2 Å². The van der Waals surface area contributed by atoms with E-state index in [1.165, 1.54) is 6.07 Å². The predicted molar refractivity (Wildman–Crippen MR) is 50.5 cm³/mol. The quantitative estimate of drug-likeness (QED) is 0.832. The molecule has 0 aliphatic carbocycles. The minimum absolute atomic E-state index is 0.346. The SMILES string of the molecule is N[C@H](CO)c1ccc(C(F)(F)F)c(Cl)c1. The van der Waals surface area contributed by atoms with E-state index in [0.29, 0.717) is 5.56 Å². The van der Waals surface area contributed by atoms with Gasteiger partial charge in [-0.05, 0) is 17.7 Å². The van der Waals surface area contributed by atoms with Crippen molar-refractivity contribution in [2.24, 2.45) is 5.73 Å². The molecule has 84 valence electrons. The maximum Gasteiger partial charge on any atom is 0.417 e. The summed E-state index contributed by atoms with van der Waals surface area (Å²) < 4.78 is 36.9. The van der Waals surface area contributed by atoms with Crippen LogP contribution >= 0.6 is 11.6 Å². The van der Waals surface area contributed by atoms with Crippen LogP contribution in [0.2, 0.25) is 5.02 Å². The normalized spacial score (nSPS) is 14.0. The van der Waals surface area contributed by atoms with Gasteiger partial charge in [0.25, 0.3) is 0 Å². The zero-order chi connectivity index (χ0) is 11.6. The first-order chi connectivity index (χ1) is 6.86. The molecule has 0 saturated heterocycles. The predicted octanol–water partition coefficient (Wildman–Crippen LogP) is 2.35. The summed E-state index contributed by atoms with van der Waals surface area (Å²) in [6.07, 6.45) is -4.47. The molecule has 0 aliphatic heterocycles. The van der Waals surface area contributed by atoms with Gasteiger partial charge in [0.2, 0.25) is 0 Å². The summed E-state index contributed by atoms with van der Waals surface area (Å²) in [5.74, 6) is 0. The fourth-order valence-corrected chi connectivity index (χ4v) is 1.39. The average molecular weight is 240 g/mol. The number of alkyl halides is 3. The highest BCUT2D eigenvalue weighted by Gasteiger charge is 2.33. The number of aliphatic hydroxyl groups excluding tert-OH is 1. The van der Waals surface area contributed by atoms with Crippen LogP contribution in [-0.4, -0.2) is 11.7 Å². The Balaban J connectivity index is 3.09. The molecule has 0 aliphatic rings. The van der Waals surface area contributed by atoms with E-state index in [2.05, 4.69) is 0 Å². The van der Waals surface area contributed by atoms with E-state index in [4.69, 9.17) is 22.4 Å². The van der Waals surface area contributed by atoms with Gasteiger partial charge < -0.3 is 10.8 Å². The van der Waals surface area contributed by atoms with Gasteiger partial charge in [-0.15, -0.1) is 0 Å². The molecule has 0 aromatic heterocycles. The van der Waals surface area contributed by atoms with Gasteiger partial charge in [0.15, 0.2) is 0 Å². The Morgan fingerprint density at radius 3 is 2.40 bits per heavy atom. The summed E-state index contributed by atoms with van der Waals surface area (Å²) in [5.41, 5.74) is 4.90. The number of aliphatic hydroxyl groups is 1. The summed E-state index contributed by atoms with van der Waals surface area (Å²) >= 11 is 5.46. The molecule has 1 atom stereocenters. The number of hydrogen-bond acceptors (Lipinski definition) is 2. The highest BCUT2D eigenvalue weighted by molar-refractivity contribution is 6.31. The lowest BCUT2D eigenvalue weighted by molar-refractivity contribution is -0.137. The summed E-state index contributed by atoms with van der Waals surface area (Å²) in [6, 6.07) is 2.46. The third-order valence-corrected chi connectivity index (χ3v) is 2.24. The van der Waals surface area contributed by atoms with E-state index >= 15 is 0 Å². The van der Waals surface area contributed by atoms with Crippen LogP contribution < -0.4 is 5.73 Å². The third-order valence-electron chi connectivity index (χ3n) is 1.92. The first-order valence-corrected chi connectivity index (χ1v) is 4.47. The summed E-state index contributed by atoms with van der Waals surface area (Å²) in [4.78, 5) is 0. The Bertz CT molecular complexity index is 354. The molecule has 0 radical (unpaired) electrons. The number of halogens is 4. The summed E-state index contributed by atoms with van der Waals surface area (Å²) in [7, 11) is 0. The van der Waals surface area contributed by atoms with Crippen molar-refractivity contribution in [3.8, 4) is 0 Å². The minimum atomic E-state index is -4.47.